The first-order chi connectivity index (χ1) is 10.1. The number of carboxylic acid groups (broad SMARTS) is 1. The van der Waals surface area contributed by atoms with Gasteiger partial charge in [0.1, 0.15) is 0 Å². The Kier molecular flexibility index (Phi) is 4.63. The van der Waals surface area contributed by atoms with Crippen LogP contribution in [-0.4, -0.2) is 22.0 Å². The first kappa shape index (κ1) is 14.7. The molecule has 0 aliphatic heterocycles. The summed E-state index contributed by atoms with van der Waals surface area (Å²) in [6.45, 7) is 0.516. The maximum absolute atomic E-state index is 12.0. The van der Waals surface area contributed by atoms with Crippen LogP contribution in [0.5, 0.6) is 0 Å². The van der Waals surface area contributed by atoms with Gasteiger partial charge in [0.2, 0.25) is 0 Å². The molecule has 0 bridgehead atoms. The highest BCUT2D eigenvalue weighted by atomic mass is 16.4. The summed E-state index contributed by atoms with van der Waals surface area (Å²) in [6.07, 6.45) is 1.53. The minimum absolute atomic E-state index is 0.191. The Morgan fingerprint density at radius 1 is 1.19 bits per heavy atom. The molecule has 1 heterocycles. The Hall–Kier alpha value is -2.73. The zero-order valence-electron chi connectivity index (χ0n) is 11.2. The van der Waals surface area contributed by atoms with Gasteiger partial charge in [0.15, 0.2) is 0 Å². The SMILES string of the molecule is NCc1cc(C(=O)NCc2cccc(C(=O)O)c2)ccn1. The van der Waals surface area contributed by atoms with Gasteiger partial charge in [-0.3, -0.25) is 9.78 Å². The second-order valence-electron chi connectivity index (χ2n) is 4.43. The molecule has 0 radical (unpaired) electrons. The quantitative estimate of drug-likeness (QED) is 0.764. The molecule has 1 aromatic carbocycles. The van der Waals surface area contributed by atoms with E-state index in [4.69, 9.17) is 10.8 Å². The van der Waals surface area contributed by atoms with Crippen molar-refractivity contribution in [1.29, 1.82) is 0 Å². The fourth-order valence-electron chi connectivity index (χ4n) is 1.83. The van der Waals surface area contributed by atoms with Crippen LogP contribution in [0, 0.1) is 0 Å². The van der Waals surface area contributed by atoms with E-state index in [9.17, 15) is 9.59 Å². The van der Waals surface area contributed by atoms with Crippen LogP contribution < -0.4 is 11.1 Å². The van der Waals surface area contributed by atoms with E-state index in [1.807, 2.05) is 0 Å². The summed E-state index contributed by atoms with van der Waals surface area (Å²) in [5.74, 6) is -1.25. The molecule has 2 rings (SSSR count). The number of aromatic nitrogens is 1. The minimum atomic E-state index is -0.995. The maximum Gasteiger partial charge on any atom is 0.335 e. The van der Waals surface area contributed by atoms with Gasteiger partial charge in [-0.1, -0.05) is 12.1 Å². The van der Waals surface area contributed by atoms with Crippen molar-refractivity contribution in [3.8, 4) is 0 Å². The van der Waals surface area contributed by atoms with Crippen molar-refractivity contribution in [2.75, 3.05) is 0 Å². The summed E-state index contributed by atoms with van der Waals surface area (Å²) in [7, 11) is 0. The number of carbonyl (C=O) groups excluding carboxylic acids is 1. The van der Waals surface area contributed by atoms with Gasteiger partial charge in [0.05, 0.1) is 11.3 Å². The van der Waals surface area contributed by atoms with Crippen LogP contribution in [0.4, 0.5) is 0 Å². The lowest BCUT2D eigenvalue weighted by atomic mass is 10.1. The van der Waals surface area contributed by atoms with Crippen LogP contribution in [0.2, 0.25) is 0 Å². The number of benzene rings is 1. The summed E-state index contributed by atoms with van der Waals surface area (Å²) < 4.78 is 0. The van der Waals surface area contributed by atoms with Gasteiger partial charge in [0, 0.05) is 24.8 Å². The van der Waals surface area contributed by atoms with Crippen molar-refractivity contribution < 1.29 is 14.7 Å². The lowest BCUT2D eigenvalue weighted by Crippen LogP contribution is -2.23. The normalized spacial score (nSPS) is 10.1. The summed E-state index contributed by atoms with van der Waals surface area (Å²) in [4.78, 5) is 26.9. The molecule has 0 aliphatic carbocycles. The summed E-state index contributed by atoms with van der Waals surface area (Å²) in [5.41, 5.74) is 7.50. The number of hydrogen-bond acceptors (Lipinski definition) is 4. The molecule has 4 N–H and O–H groups in total. The number of amides is 1. The smallest absolute Gasteiger partial charge is 0.335 e. The fourth-order valence-corrected chi connectivity index (χ4v) is 1.83. The molecule has 0 atom stereocenters. The molecule has 0 saturated carbocycles. The minimum Gasteiger partial charge on any atom is -0.478 e. The Morgan fingerprint density at radius 3 is 2.71 bits per heavy atom. The largest absolute Gasteiger partial charge is 0.478 e. The number of nitrogens with one attached hydrogen (secondary N) is 1. The molecular weight excluding hydrogens is 270 g/mol. The second-order valence-corrected chi connectivity index (χ2v) is 4.43. The van der Waals surface area contributed by atoms with Gasteiger partial charge in [0.25, 0.3) is 5.91 Å². The summed E-state index contributed by atoms with van der Waals surface area (Å²) >= 11 is 0. The number of pyridine rings is 1. The van der Waals surface area contributed by atoms with E-state index in [0.29, 0.717) is 11.3 Å². The Bertz CT molecular complexity index is 671. The topological polar surface area (TPSA) is 105 Å². The van der Waals surface area contributed by atoms with E-state index in [-0.39, 0.29) is 24.6 Å². The third-order valence-electron chi connectivity index (χ3n) is 2.91. The van der Waals surface area contributed by atoms with Gasteiger partial charge in [-0.25, -0.2) is 4.79 Å². The van der Waals surface area contributed by atoms with Gasteiger partial charge in [-0.05, 0) is 29.8 Å². The van der Waals surface area contributed by atoms with E-state index >= 15 is 0 Å². The van der Waals surface area contributed by atoms with Crippen molar-refractivity contribution in [2.45, 2.75) is 13.1 Å². The molecule has 21 heavy (non-hydrogen) atoms. The van der Waals surface area contributed by atoms with Gasteiger partial charge < -0.3 is 16.2 Å². The lowest BCUT2D eigenvalue weighted by Gasteiger charge is -2.07. The molecule has 6 nitrogen and oxygen atoms in total. The molecule has 1 amide bonds. The first-order valence-corrected chi connectivity index (χ1v) is 6.35. The van der Waals surface area contributed by atoms with Crippen molar-refractivity contribution >= 4 is 11.9 Å². The van der Waals surface area contributed by atoms with Crippen LogP contribution in [0.3, 0.4) is 0 Å². The highest BCUT2D eigenvalue weighted by Crippen LogP contribution is 2.06. The van der Waals surface area contributed by atoms with Crippen LogP contribution in [0.15, 0.2) is 42.6 Å². The van der Waals surface area contributed by atoms with Crippen molar-refractivity contribution in [2.24, 2.45) is 5.73 Å². The standard InChI is InChI=1S/C15H15N3O3/c16-8-13-7-11(4-5-17-13)14(19)18-9-10-2-1-3-12(6-10)15(20)21/h1-7H,8-9,16H2,(H,18,19)(H,20,21). The van der Waals surface area contributed by atoms with E-state index in [2.05, 4.69) is 10.3 Å². The van der Waals surface area contributed by atoms with E-state index in [1.165, 1.54) is 18.3 Å². The van der Waals surface area contributed by atoms with E-state index in [1.54, 1.807) is 24.3 Å². The van der Waals surface area contributed by atoms with Crippen LogP contribution >= 0.6 is 0 Å². The van der Waals surface area contributed by atoms with E-state index < -0.39 is 5.97 Å². The molecule has 0 spiro atoms. The molecule has 1 aromatic heterocycles. The zero-order valence-corrected chi connectivity index (χ0v) is 11.2. The Morgan fingerprint density at radius 2 is 2.00 bits per heavy atom. The first-order valence-electron chi connectivity index (χ1n) is 6.35. The number of hydrogen-bond donors (Lipinski definition) is 3. The highest BCUT2D eigenvalue weighted by molar-refractivity contribution is 5.94. The van der Waals surface area contributed by atoms with Crippen molar-refractivity contribution in [3.63, 3.8) is 0 Å². The molecule has 0 aliphatic rings. The Balaban J connectivity index is 2.03. The third-order valence-corrected chi connectivity index (χ3v) is 2.91. The van der Waals surface area contributed by atoms with Gasteiger partial charge in [-0.15, -0.1) is 0 Å². The third kappa shape index (κ3) is 3.87. The number of rotatable bonds is 5. The molecule has 0 unspecified atom stereocenters. The van der Waals surface area contributed by atoms with Gasteiger partial charge >= 0.3 is 5.97 Å². The molecular formula is C15H15N3O3. The van der Waals surface area contributed by atoms with Crippen LogP contribution in [-0.2, 0) is 13.1 Å². The molecule has 0 fully saturated rings. The predicted molar refractivity (Wildman–Crippen MR) is 76.7 cm³/mol. The number of carbonyl (C=O) groups is 2. The molecule has 2 aromatic rings. The average molecular weight is 285 g/mol. The fraction of sp³-hybridized carbons (Fsp3) is 0.133. The van der Waals surface area contributed by atoms with Crippen molar-refractivity contribution in [1.82, 2.24) is 10.3 Å². The highest BCUT2D eigenvalue weighted by Gasteiger charge is 2.07. The van der Waals surface area contributed by atoms with Crippen LogP contribution in [0.1, 0.15) is 32.0 Å². The van der Waals surface area contributed by atoms with Crippen molar-refractivity contribution in [3.05, 3.63) is 65.0 Å². The monoisotopic (exact) mass is 285 g/mol. The Labute approximate surface area is 121 Å². The van der Waals surface area contributed by atoms with Crippen LogP contribution in [0.25, 0.3) is 0 Å². The zero-order chi connectivity index (χ0) is 15.2. The number of nitrogens with zero attached hydrogens (tertiary/aromatic N) is 1. The number of aromatic carboxylic acids is 1. The van der Waals surface area contributed by atoms with E-state index in [0.717, 1.165) is 5.56 Å². The maximum atomic E-state index is 12.0. The van der Waals surface area contributed by atoms with Gasteiger partial charge in [-0.2, -0.15) is 0 Å². The predicted octanol–water partition coefficient (Wildman–Crippen LogP) is 1.17. The second kappa shape index (κ2) is 6.62. The number of carboxylic acids is 1. The summed E-state index contributed by atoms with van der Waals surface area (Å²) in [6, 6.07) is 9.66. The summed E-state index contributed by atoms with van der Waals surface area (Å²) in [5, 5.41) is 11.6. The average Bonchev–Trinajstić information content (AvgIpc) is 2.53. The molecule has 6 heteroatoms. The molecule has 0 saturated heterocycles. The lowest BCUT2D eigenvalue weighted by molar-refractivity contribution is 0.0696. The molecule has 108 valence electrons. The number of nitrogens with two attached hydrogens (primary N) is 1.